The van der Waals surface area contributed by atoms with Crippen LogP contribution in [0, 0.1) is 16.0 Å². The normalized spacial score (nSPS) is 20.4. The van der Waals surface area contributed by atoms with E-state index < -0.39 is 4.92 Å². The molecule has 2 fully saturated rings. The van der Waals surface area contributed by atoms with E-state index in [0.29, 0.717) is 37.1 Å². The molecule has 1 heterocycles. The van der Waals surface area contributed by atoms with Gasteiger partial charge in [0.05, 0.1) is 4.92 Å². The summed E-state index contributed by atoms with van der Waals surface area (Å²) in [6.45, 7) is 0.973. The van der Waals surface area contributed by atoms with Gasteiger partial charge in [0.1, 0.15) is 0 Å². The third-order valence-corrected chi connectivity index (χ3v) is 7.15. The molecule has 1 aliphatic carbocycles. The lowest BCUT2D eigenvalue weighted by molar-refractivity contribution is -0.384. The quantitative estimate of drug-likeness (QED) is 0.338. The van der Waals surface area contributed by atoms with Gasteiger partial charge >= 0.3 is 0 Å². The second-order valence-electron chi connectivity index (χ2n) is 9.63. The molecular weight excluding hydrogens is 472 g/mol. The number of hydrogen-bond acceptors (Lipinski definition) is 5. The van der Waals surface area contributed by atoms with Gasteiger partial charge in [-0.15, -0.1) is 0 Å². The van der Waals surface area contributed by atoms with Gasteiger partial charge in [-0.25, -0.2) is 0 Å². The minimum atomic E-state index is -0.464. The van der Waals surface area contributed by atoms with Crippen LogP contribution >= 0.6 is 0 Å². The highest BCUT2D eigenvalue weighted by molar-refractivity contribution is 5.94. The van der Waals surface area contributed by atoms with E-state index in [2.05, 4.69) is 10.6 Å². The lowest BCUT2D eigenvalue weighted by Crippen LogP contribution is -2.55. The second-order valence-corrected chi connectivity index (χ2v) is 9.63. The maximum absolute atomic E-state index is 13.0. The van der Waals surface area contributed by atoms with E-state index in [1.54, 1.807) is 35.2 Å². The van der Waals surface area contributed by atoms with Gasteiger partial charge in [-0.2, -0.15) is 0 Å². The number of rotatable bonds is 7. The van der Waals surface area contributed by atoms with Crippen LogP contribution < -0.4 is 10.6 Å². The Hall–Kier alpha value is -4.01. The van der Waals surface area contributed by atoms with Crippen LogP contribution in [0.15, 0.2) is 60.7 Å². The Morgan fingerprint density at radius 3 is 2.11 bits per heavy atom. The zero-order chi connectivity index (χ0) is 26.2. The molecule has 9 nitrogen and oxygen atoms in total. The molecule has 2 aromatic rings. The maximum Gasteiger partial charge on any atom is 0.269 e. The zero-order valence-electron chi connectivity index (χ0n) is 20.7. The summed E-state index contributed by atoms with van der Waals surface area (Å²) in [5.41, 5.74) is 1.31. The van der Waals surface area contributed by atoms with E-state index in [1.165, 1.54) is 18.2 Å². The summed E-state index contributed by atoms with van der Waals surface area (Å²) in [5, 5.41) is 17.0. The van der Waals surface area contributed by atoms with Crippen LogP contribution in [-0.2, 0) is 9.59 Å². The van der Waals surface area contributed by atoms with Crippen LogP contribution in [0.3, 0.4) is 0 Å². The fourth-order valence-electron chi connectivity index (χ4n) is 4.96. The molecule has 9 heteroatoms. The number of piperidine rings is 1. The van der Waals surface area contributed by atoms with Crippen LogP contribution in [0.1, 0.15) is 54.4 Å². The van der Waals surface area contributed by atoms with E-state index in [9.17, 15) is 24.5 Å². The molecule has 0 bridgehead atoms. The Morgan fingerprint density at radius 1 is 0.865 bits per heavy atom. The molecular formula is C28H32N4O5. The van der Waals surface area contributed by atoms with Crippen LogP contribution in [-0.4, -0.2) is 52.7 Å². The van der Waals surface area contributed by atoms with E-state index >= 15 is 0 Å². The van der Waals surface area contributed by atoms with Crippen molar-refractivity contribution in [2.75, 3.05) is 13.1 Å². The highest BCUT2D eigenvalue weighted by Crippen LogP contribution is 2.23. The summed E-state index contributed by atoms with van der Waals surface area (Å²) in [6.07, 6.45) is 7.94. The number of likely N-dealkylation sites (tertiary alicyclic amines) is 1. The Morgan fingerprint density at radius 2 is 1.49 bits per heavy atom. The molecule has 0 spiro atoms. The number of nitrogens with one attached hydrogen (secondary N) is 2. The van der Waals surface area contributed by atoms with Crippen LogP contribution in [0.2, 0.25) is 0 Å². The number of amides is 3. The second kappa shape index (κ2) is 12.3. The van der Waals surface area contributed by atoms with Gasteiger partial charge in [0, 0.05) is 54.9 Å². The van der Waals surface area contributed by atoms with Crippen LogP contribution in [0.4, 0.5) is 5.69 Å². The molecule has 2 atom stereocenters. The summed E-state index contributed by atoms with van der Waals surface area (Å²) in [4.78, 5) is 50.3. The summed E-state index contributed by atoms with van der Waals surface area (Å²) < 4.78 is 0. The first-order valence-electron chi connectivity index (χ1n) is 12.8. The number of carbonyl (C=O) groups excluding carboxylic acids is 3. The molecule has 2 aromatic carbocycles. The molecule has 3 amide bonds. The van der Waals surface area contributed by atoms with Crippen molar-refractivity contribution in [1.29, 1.82) is 0 Å². The average molecular weight is 505 g/mol. The summed E-state index contributed by atoms with van der Waals surface area (Å²) in [7, 11) is 0. The first-order valence-corrected chi connectivity index (χ1v) is 12.8. The van der Waals surface area contributed by atoms with E-state index in [0.717, 1.165) is 25.7 Å². The van der Waals surface area contributed by atoms with Crippen molar-refractivity contribution in [3.05, 3.63) is 81.9 Å². The number of nitro benzene ring substituents is 1. The highest BCUT2D eigenvalue weighted by Gasteiger charge is 2.32. The van der Waals surface area contributed by atoms with Crippen molar-refractivity contribution in [2.24, 2.45) is 5.92 Å². The fraction of sp³-hybridized carbons (Fsp3) is 0.393. The summed E-state index contributed by atoms with van der Waals surface area (Å²) in [6, 6.07) is 14.9. The standard InChI is InChI=1S/C28H32N4O5/c33-26(15-12-20-10-13-23(14-11-20)32(36)37)31-18-16-22(17-19-31)28(35)30-25-9-5-4-8-24(25)29-27(34)21-6-2-1-3-7-21/h1-3,6-7,10-15,22,24-25H,4-5,8-9,16-19H2,(H,29,34)(H,30,35)/b15-12+/t24-,25?/m1/s1. The van der Waals surface area contributed by atoms with Gasteiger partial charge < -0.3 is 15.5 Å². The molecule has 1 unspecified atom stereocenters. The summed E-state index contributed by atoms with van der Waals surface area (Å²) >= 11 is 0. The van der Waals surface area contributed by atoms with Crippen molar-refractivity contribution >= 4 is 29.5 Å². The van der Waals surface area contributed by atoms with Gasteiger partial charge in [-0.1, -0.05) is 31.0 Å². The Balaban J connectivity index is 1.25. The zero-order valence-corrected chi connectivity index (χ0v) is 20.7. The Kier molecular flexibility index (Phi) is 8.66. The molecule has 1 saturated heterocycles. The van der Waals surface area contributed by atoms with Crippen molar-refractivity contribution in [2.45, 2.75) is 50.6 Å². The molecule has 1 saturated carbocycles. The number of hydrogen-bond donors (Lipinski definition) is 2. The molecule has 0 radical (unpaired) electrons. The van der Waals surface area contributed by atoms with Crippen LogP contribution in [0.25, 0.3) is 6.08 Å². The topological polar surface area (TPSA) is 122 Å². The monoisotopic (exact) mass is 504 g/mol. The van der Waals surface area contributed by atoms with Gasteiger partial charge in [0.2, 0.25) is 11.8 Å². The summed E-state index contributed by atoms with van der Waals surface area (Å²) in [5.74, 6) is -0.456. The van der Waals surface area contributed by atoms with Gasteiger partial charge in [0.25, 0.3) is 11.6 Å². The van der Waals surface area contributed by atoms with E-state index in [-0.39, 0.29) is 41.4 Å². The Bertz CT molecular complexity index is 1140. The number of non-ortho nitro benzene ring substituents is 1. The molecule has 1 aliphatic heterocycles. The van der Waals surface area contributed by atoms with Crippen molar-refractivity contribution in [3.63, 3.8) is 0 Å². The van der Waals surface area contributed by atoms with Crippen LogP contribution in [0.5, 0.6) is 0 Å². The lowest BCUT2D eigenvalue weighted by atomic mass is 9.88. The highest BCUT2D eigenvalue weighted by atomic mass is 16.6. The average Bonchev–Trinajstić information content (AvgIpc) is 2.93. The van der Waals surface area contributed by atoms with E-state index in [4.69, 9.17) is 0 Å². The van der Waals surface area contributed by atoms with E-state index in [1.807, 2.05) is 18.2 Å². The fourth-order valence-corrected chi connectivity index (χ4v) is 4.96. The Labute approximate surface area is 216 Å². The number of benzene rings is 2. The SMILES string of the molecule is O=C(N[C@@H]1CCCCC1NC(=O)C1CCN(C(=O)/C=C/c2ccc([N+](=O)[O-])cc2)CC1)c1ccccc1. The van der Waals surface area contributed by atoms with Crippen molar-refractivity contribution in [3.8, 4) is 0 Å². The molecule has 4 rings (SSSR count). The predicted octanol–water partition coefficient (Wildman–Crippen LogP) is 3.70. The van der Waals surface area contributed by atoms with Crippen molar-refractivity contribution in [1.82, 2.24) is 15.5 Å². The predicted molar refractivity (Wildman–Crippen MR) is 140 cm³/mol. The third-order valence-electron chi connectivity index (χ3n) is 7.15. The number of nitrogens with zero attached hydrogens (tertiary/aromatic N) is 2. The molecule has 194 valence electrons. The molecule has 37 heavy (non-hydrogen) atoms. The first-order chi connectivity index (χ1) is 17.9. The first kappa shape index (κ1) is 26.1. The third kappa shape index (κ3) is 7.03. The van der Waals surface area contributed by atoms with Gasteiger partial charge in [0.15, 0.2) is 0 Å². The molecule has 2 N–H and O–H groups in total. The minimum absolute atomic E-state index is 0.00180. The largest absolute Gasteiger partial charge is 0.351 e. The smallest absolute Gasteiger partial charge is 0.269 e. The molecule has 2 aliphatic rings. The lowest BCUT2D eigenvalue weighted by Gasteiger charge is -2.35. The minimum Gasteiger partial charge on any atom is -0.351 e. The molecule has 0 aromatic heterocycles. The maximum atomic E-state index is 13.0. The van der Waals surface area contributed by atoms with Gasteiger partial charge in [-0.3, -0.25) is 24.5 Å². The van der Waals surface area contributed by atoms with Gasteiger partial charge in [-0.05, 0) is 61.6 Å². The number of nitro groups is 1. The van der Waals surface area contributed by atoms with Crippen molar-refractivity contribution < 1.29 is 19.3 Å². The number of carbonyl (C=O) groups is 3.